The van der Waals surface area contributed by atoms with Crippen molar-refractivity contribution >= 4 is 26.0 Å². The van der Waals surface area contributed by atoms with Crippen molar-refractivity contribution in [1.29, 1.82) is 0 Å². The molecule has 0 unspecified atom stereocenters. The van der Waals surface area contributed by atoms with Gasteiger partial charge in [-0.05, 0) is 67.4 Å². The number of hydrogen-bond donors (Lipinski definition) is 2. The molecule has 0 bridgehead atoms. The van der Waals surface area contributed by atoms with Crippen LogP contribution in [0.2, 0.25) is 0 Å². The molecule has 0 saturated carbocycles. The van der Waals surface area contributed by atoms with Crippen LogP contribution in [-0.4, -0.2) is 20.5 Å². The molecular formula is C14H23BrN2O2S. The van der Waals surface area contributed by atoms with E-state index in [1.54, 1.807) is 6.07 Å². The smallest absolute Gasteiger partial charge is 0.242 e. The highest BCUT2D eigenvalue weighted by Crippen LogP contribution is 2.24. The summed E-state index contributed by atoms with van der Waals surface area (Å²) in [6.07, 6.45) is 1.07. The van der Waals surface area contributed by atoms with E-state index in [1.807, 2.05) is 32.9 Å². The highest BCUT2D eigenvalue weighted by molar-refractivity contribution is 9.10. The summed E-state index contributed by atoms with van der Waals surface area (Å²) in [5, 5.41) is 3.29. The van der Waals surface area contributed by atoms with Crippen LogP contribution in [0, 0.1) is 0 Å². The van der Waals surface area contributed by atoms with Gasteiger partial charge in [-0.3, -0.25) is 0 Å². The van der Waals surface area contributed by atoms with E-state index in [9.17, 15) is 8.42 Å². The average molecular weight is 363 g/mol. The first-order valence-corrected chi connectivity index (χ1v) is 8.96. The molecule has 0 spiro atoms. The average Bonchev–Trinajstić information content (AvgIpc) is 2.25. The number of rotatable bonds is 6. The van der Waals surface area contributed by atoms with Gasteiger partial charge in [0.25, 0.3) is 0 Å². The maximum atomic E-state index is 12.3. The van der Waals surface area contributed by atoms with Gasteiger partial charge in [-0.15, -0.1) is 0 Å². The summed E-state index contributed by atoms with van der Waals surface area (Å²) < 4.78 is 27.8. The number of benzene rings is 1. The topological polar surface area (TPSA) is 58.2 Å². The summed E-state index contributed by atoms with van der Waals surface area (Å²) in [4.78, 5) is 0.270. The Morgan fingerprint density at radius 3 is 2.40 bits per heavy atom. The van der Waals surface area contributed by atoms with Crippen molar-refractivity contribution in [2.24, 2.45) is 0 Å². The van der Waals surface area contributed by atoms with Crippen LogP contribution in [0.3, 0.4) is 0 Å². The van der Waals surface area contributed by atoms with Gasteiger partial charge in [-0.25, -0.2) is 13.1 Å². The van der Waals surface area contributed by atoms with E-state index < -0.39 is 15.6 Å². The second-order valence-electron chi connectivity index (χ2n) is 5.80. The molecule has 6 heteroatoms. The molecule has 0 aliphatic heterocycles. The molecule has 1 aromatic carbocycles. The lowest BCUT2D eigenvalue weighted by atomic mass is 10.1. The SMILES string of the molecule is CCCNCc1ccc(S(=O)(=O)NC(C)(C)C)c(Br)c1. The van der Waals surface area contributed by atoms with Crippen molar-refractivity contribution in [3.8, 4) is 0 Å². The number of halogens is 1. The molecule has 0 atom stereocenters. The maximum Gasteiger partial charge on any atom is 0.242 e. The summed E-state index contributed by atoms with van der Waals surface area (Å²) >= 11 is 3.35. The Kier molecular flexibility index (Phi) is 6.19. The number of nitrogens with one attached hydrogen (secondary N) is 2. The molecular weight excluding hydrogens is 340 g/mol. The van der Waals surface area contributed by atoms with Gasteiger partial charge >= 0.3 is 0 Å². The minimum atomic E-state index is -3.51. The summed E-state index contributed by atoms with van der Waals surface area (Å²) in [6.45, 7) is 9.25. The third-order valence-corrected chi connectivity index (χ3v) is 5.22. The molecule has 0 aromatic heterocycles. The van der Waals surface area contributed by atoms with E-state index in [4.69, 9.17) is 0 Å². The van der Waals surface area contributed by atoms with Gasteiger partial charge in [0.2, 0.25) is 10.0 Å². The van der Waals surface area contributed by atoms with Crippen LogP contribution in [0.5, 0.6) is 0 Å². The van der Waals surface area contributed by atoms with Crippen LogP contribution in [0.15, 0.2) is 27.6 Å². The van der Waals surface area contributed by atoms with Gasteiger partial charge in [-0.2, -0.15) is 0 Å². The standard InChI is InChI=1S/C14H23BrN2O2S/c1-5-8-16-10-11-6-7-13(12(15)9-11)20(18,19)17-14(2,3)4/h6-7,9,16-17H,5,8,10H2,1-4H3. The van der Waals surface area contributed by atoms with Crippen molar-refractivity contribution in [2.45, 2.75) is 51.1 Å². The monoisotopic (exact) mass is 362 g/mol. The van der Waals surface area contributed by atoms with Crippen molar-refractivity contribution in [3.63, 3.8) is 0 Å². The van der Waals surface area contributed by atoms with Gasteiger partial charge in [0.1, 0.15) is 0 Å². The lowest BCUT2D eigenvalue weighted by molar-refractivity contribution is 0.491. The molecule has 0 amide bonds. The van der Waals surface area contributed by atoms with Crippen molar-refractivity contribution in [3.05, 3.63) is 28.2 Å². The Labute approximate surface area is 130 Å². The molecule has 4 nitrogen and oxygen atoms in total. The fourth-order valence-electron chi connectivity index (χ4n) is 1.74. The molecule has 1 aromatic rings. The molecule has 0 aliphatic carbocycles. The molecule has 0 fully saturated rings. The Morgan fingerprint density at radius 2 is 1.90 bits per heavy atom. The third-order valence-electron chi connectivity index (χ3n) is 2.48. The van der Waals surface area contributed by atoms with Gasteiger partial charge in [0.15, 0.2) is 0 Å². The van der Waals surface area contributed by atoms with Gasteiger partial charge < -0.3 is 5.32 Å². The second kappa shape index (κ2) is 7.02. The zero-order valence-electron chi connectivity index (χ0n) is 12.5. The van der Waals surface area contributed by atoms with E-state index in [2.05, 4.69) is 32.9 Å². The summed E-state index contributed by atoms with van der Waals surface area (Å²) in [5.41, 5.74) is 0.555. The highest BCUT2D eigenvalue weighted by Gasteiger charge is 2.23. The second-order valence-corrected chi connectivity index (χ2v) is 8.30. The highest BCUT2D eigenvalue weighted by atomic mass is 79.9. The van der Waals surface area contributed by atoms with Gasteiger partial charge in [-0.1, -0.05) is 13.0 Å². The predicted octanol–water partition coefficient (Wildman–Crippen LogP) is 3.03. The van der Waals surface area contributed by atoms with Crippen LogP contribution >= 0.6 is 15.9 Å². The largest absolute Gasteiger partial charge is 0.313 e. The first kappa shape index (κ1) is 17.6. The Balaban J connectivity index is 2.93. The van der Waals surface area contributed by atoms with Crippen LogP contribution in [-0.2, 0) is 16.6 Å². The van der Waals surface area contributed by atoms with Crippen molar-refractivity contribution in [2.75, 3.05) is 6.54 Å². The third kappa shape index (κ3) is 5.52. The zero-order valence-corrected chi connectivity index (χ0v) is 14.9. The Morgan fingerprint density at radius 1 is 1.25 bits per heavy atom. The molecule has 0 saturated heterocycles. The van der Waals surface area contributed by atoms with Crippen LogP contribution in [0.1, 0.15) is 39.7 Å². The first-order chi connectivity index (χ1) is 9.15. The molecule has 114 valence electrons. The zero-order chi connectivity index (χ0) is 15.4. The van der Waals surface area contributed by atoms with Gasteiger partial charge in [0, 0.05) is 16.6 Å². The van der Waals surface area contributed by atoms with Crippen LogP contribution in [0.25, 0.3) is 0 Å². The summed E-state index contributed by atoms with van der Waals surface area (Å²) in [5.74, 6) is 0. The molecule has 0 aliphatic rings. The fourth-order valence-corrected chi connectivity index (χ4v) is 4.28. The Hall–Kier alpha value is -0.430. The lowest BCUT2D eigenvalue weighted by Crippen LogP contribution is -2.40. The van der Waals surface area contributed by atoms with Crippen LogP contribution < -0.4 is 10.0 Å². The van der Waals surface area contributed by atoms with Crippen molar-refractivity contribution in [1.82, 2.24) is 10.0 Å². The Bertz CT molecular complexity index is 551. The van der Waals surface area contributed by atoms with Gasteiger partial charge in [0.05, 0.1) is 4.90 Å². The molecule has 1 rings (SSSR count). The quantitative estimate of drug-likeness (QED) is 0.764. The van der Waals surface area contributed by atoms with Crippen LogP contribution in [0.4, 0.5) is 0 Å². The van der Waals surface area contributed by atoms with E-state index in [0.29, 0.717) is 4.47 Å². The molecule has 20 heavy (non-hydrogen) atoms. The molecule has 2 N–H and O–H groups in total. The summed E-state index contributed by atoms with van der Waals surface area (Å²) in [7, 11) is -3.51. The normalized spacial score (nSPS) is 12.7. The number of hydrogen-bond acceptors (Lipinski definition) is 3. The van der Waals surface area contributed by atoms with E-state index in [-0.39, 0.29) is 4.90 Å². The number of sulfonamides is 1. The predicted molar refractivity (Wildman–Crippen MR) is 86.2 cm³/mol. The minimum Gasteiger partial charge on any atom is -0.313 e. The van der Waals surface area contributed by atoms with E-state index in [0.717, 1.165) is 25.1 Å². The fraction of sp³-hybridized carbons (Fsp3) is 0.571. The van der Waals surface area contributed by atoms with E-state index >= 15 is 0 Å². The van der Waals surface area contributed by atoms with E-state index in [1.165, 1.54) is 0 Å². The molecule has 0 heterocycles. The minimum absolute atomic E-state index is 0.270. The maximum absolute atomic E-state index is 12.3. The molecule has 0 radical (unpaired) electrons. The first-order valence-electron chi connectivity index (χ1n) is 6.69. The van der Waals surface area contributed by atoms with Crippen molar-refractivity contribution < 1.29 is 8.42 Å². The summed E-state index contributed by atoms with van der Waals surface area (Å²) in [6, 6.07) is 5.33. The lowest BCUT2D eigenvalue weighted by Gasteiger charge is -2.21.